The molecule has 0 atom stereocenters. The van der Waals surface area contributed by atoms with Crippen molar-refractivity contribution >= 4 is 22.0 Å². The topological polar surface area (TPSA) is 55.6 Å². The number of methoxy groups -OCH3 is 1. The third kappa shape index (κ3) is 2.83. The van der Waals surface area contributed by atoms with E-state index in [2.05, 4.69) is 27.2 Å². The number of hydrogen-bond acceptors (Lipinski definition) is 6. The molecule has 0 aliphatic heterocycles. The van der Waals surface area contributed by atoms with E-state index >= 15 is 0 Å². The predicted molar refractivity (Wildman–Crippen MR) is 100 cm³/mol. The Bertz CT molecular complexity index is 1000. The molecule has 6 nitrogen and oxygen atoms in total. The zero-order valence-corrected chi connectivity index (χ0v) is 15.0. The summed E-state index contributed by atoms with van der Waals surface area (Å²) in [6.45, 7) is 0. The van der Waals surface area contributed by atoms with Crippen molar-refractivity contribution in [2.75, 3.05) is 26.1 Å². The van der Waals surface area contributed by atoms with Gasteiger partial charge in [0.25, 0.3) is 0 Å². The highest BCUT2D eigenvalue weighted by Crippen LogP contribution is 2.29. The van der Waals surface area contributed by atoms with E-state index in [1.807, 2.05) is 50.5 Å². The van der Waals surface area contributed by atoms with Gasteiger partial charge in [-0.1, -0.05) is 11.3 Å². The fourth-order valence-corrected chi connectivity index (χ4v) is 3.40. The minimum absolute atomic E-state index is 0.747. The van der Waals surface area contributed by atoms with Crippen LogP contribution in [0.5, 0.6) is 5.75 Å². The van der Waals surface area contributed by atoms with Gasteiger partial charge in [0, 0.05) is 30.9 Å². The van der Waals surface area contributed by atoms with Crippen molar-refractivity contribution in [3.63, 3.8) is 0 Å². The van der Waals surface area contributed by atoms with Crippen LogP contribution in [-0.4, -0.2) is 41.0 Å². The zero-order chi connectivity index (χ0) is 17.4. The molecule has 4 rings (SSSR count). The van der Waals surface area contributed by atoms with Gasteiger partial charge in [-0.15, -0.1) is 10.2 Å². The maximum Gasteiger partial charge on any atom is 0.235 e. The number of hydrogen-bond donors (Lipinski definition) is 0. The summed E-state index contributed by atoms with van der Waals surface area (Å²) in [4.78, 5) is 2.84. The number of benzene rings is 2. The van der Waals surface area contributed by atoms with Gasteiger partial charge < -0.3 is 9.64 Å². The molecule has 7 heteroatoms. The summed E-state index contributed by atoms with van der Waals surface area (Å²) in [5.74, 6) is 1.57. The molecular formula is C18H17N5OS. The summed E-state index contributed by atoms with van der Waals surface area (Å²) >= 11 is 1.52. The maximum atomic E-state index is 5.20. The van der Waals surface area contributed by atoms with Gasteiger partial charge in [0.05, 0.1) is 7.11 Å². The standard InChI is InChI=1S/C18H17N5OS/c1-22(2)14-8-4-12(5-9-14)16-19-20-18-23(16)21-17(25-18)13-6-10-15(24-3)11-7-13/h4-11H,1-3H3. The second kappa shape index (κ2) is 6.18. The molecule has 25 heavy (non-hydrogen) atoms. The first-order chi connectivity index (χ1) is 12.2. The summed E-state index contributed by atoms with van der Waals surface area (Å²) in [7, 11) is 5.70. The molecule has 0 amide bonds. The molecule has 0 spiro atoms. The smallest absolute Gasteiger partial charge is 0.235 e. The average molecular weight is 351 g/mol. The molecular weight excluding hydrogens is 334 g/mol. The zero-order valence-electron chi connectivity index (χ0n) is 14.2. The van der Waals surface area contributed by atoms with E-state index in [0.717, 1.165) is 38.4 Å². The van der Waals surface area contributed by atoms with E-state index in [4.69, 9.17) is 9.84 Å². The Hall–Kier alpha value is -2.93. The lowest BCUT2D eigenvalue weighted by atomic mass is 10.2. The minimum atomic E-state index is 0.747. The number of nitrogens with zero attached hydrogens (tertiary/aromatic N) is 5. The molecule has 2 heterocycles. The highest BCUT2D eigenvalue weighted by atomic mass is 32.1. The molecule has 2 aromatic heterocycles. The Morgan fingerprint density at radius 2 is 1.60 bits per heavy atom. The number of aromatic nitrogens is 4. The lowest BCUT2D eigenvalue weighted by molar-refractivity contribution is 0.415. The van der Waals surface area contributed by atoms with Crippen LogP contribution in [0.4, 0.5) is 5.69 Å². The predicted octanol–water partition coefficient (Wildman–Crippen LogP) is 3.59. The fourth-order valence-electron chi connectivity index (χ4n) is 2.56. The third-order valence-corrected chi connectivity index (χ3v) is 4.92. The van der Waals surface area contributed by atoms with Crippen LogP contribution in [0.1, 0.15) is 0 Å². The highest BCUT2D eigenvalue weighted by molar-refractivity contribution is 7.19. The van der Waals surface area contributed by atoms with E-state index in [1.54, 1.807) is 11.6 Å². The molecule has 126 valence electrons. The van der Waals surface area contributed by atoms with Crippen LogP contribution in [0, 0.1) is 0 Å². The number of ether oxygens (including phenoxy) is 1. The highest BCUT2D eigenvalue weighted by Gasteiger charge is 2.14. The molecule has 4 aromatic rings. The molecule has 0 radical (unpaired) electrons. The second-order valence-electron chi connectivity index (χ2n) is 5.80. The first-order valence-electron chi connectivity index (χ1n) is 7.80. The van der Waals surface area contributed by atoms with Gasteiger partial charge in [-0.2, -0.15) is 9.61 Å². The summed E-state index contributed by atoms with van der Waals surface area (Å²) in [5.41, 5.74) is 3.16. The average Bonchev–Trinajstić information content (AvgIpc) is 3.22. The fraction of sp³-hybridized carbons (Fsp3) is 0.167. The summed E-state index contributed by atoms with van der Waals surface area (Å²) in [6.07, 6.45) is 0. The van der Waals surface area contributed by atoms with Crippen molar-refractivity contribution in [3.05, 3.63) is 48.5 Å². The van der Waals surface area contributed by atoms with Crippen LogP contribution in [0.15, 0.2) is 48.5 Å². The van der Waals surface area contributed by atoms with Gasteiger partial charge in [-0.05, 0) is 48.5 Å². The quantitative estimate of drug-likeness (QED) is 0.562. The van der Waals surface area contributed by atoms with Gasteiger partial charge in [-0.25, -0.2) is 0 Å². The van der Waals surface area contributed by atoms with E-state index in [0.29, 0.717) is 0 Å². The second-order valence-corrected chi connectivity index (χ2v) is 6.75. The van der Waals surface area contributed by atoms with Gasteiger partial charge in [0.1, 0.15) is 10.8 Å². The van der Waals surface area contributed by atoms with Crippen molar-refractivity contribution in [2.45, 2.75) is 0 Å². The van der Waals surface area contributed by atoms with Gasteiger partial charge in [-0.3, -0.25) is 0 Å². The Labute approximate surface area is 149 Å². The monoisotopic (exact) mass is 351 g/mol. The van der Waals surface area contributed by atoms with Crippen molar-refractivity contribution in [1.82, 2.24) is 19.8 Å². The van der Waals surface area contributed by atoms with Crippen LogP contribution < -0.4 is 9.64 Å². The van der Waals surface area contributed by atoms with Crippen LogP contribution >= 0.6 is 11.3 Å². The maximum absolute atomic E-state index is 5.20. The van der Waals surface area contributed by atoms with Crippen molar-refractivity contribution < 1.29 is 4.74 Å². The Morgan fingerprint density at radius 3 is 2.24 bits per heavy atom. The minimum Gasteiger partial charge on any atom is -0.497 e. The number of rotatable bonds is 4. The Kier molecular flexibility index (Phi) is 3.85. The first kappa shape index (κ1) is 15.6. The molecule has 0 aliphatic rings. The van der Waals surface area contributed by atoms with Gasteiger partial charge in [0.2, 0.25) is 4.96 Å². The molecule has 0 N–H and O–H groups in total. The van der Waals surface area contributed by atoms with Crippen LogP contribution in [0.3, 0.4) is 0 Å². The Morgan fingerprint density at radius 1 is 0.920 bits per heavy atom. The molecule has 2 aromatic carbocycles. The molecule has 0 fully saturated rings. The summed E-state index contributed by atoms with van der Waals surface area (Å²) in [5, 5.41) is 14.1. The lowest BCUT2D eigenvalue weighted by Gasteiger charge is -2.11. The van der Waals surface area contributed by atoms with E-state index in [1.165, 1.54) is 11.3 Å². The van der Waals surface area contributed by atoms with Crippen molar-refractivity contribution in [3.8, 4) is 27.7 Å². The van der Waals surface area contributed by atoms with E-state index < -0.39 is 0 Å². The number of anilines is 1. The van der Waals surface area contributed by atoms with Crippen LogP contribution in [0.25, 0.3) is 26.9 Å². The molecule has 0 saturated heterocycles. The Balaban J connectivity index is 1.72. The SMILES string of the molecule is COc1ccc(-c2nn3c(-c4ccc(N(C)C)cc4)nnc3s2)cc1. The van der Waals surface area contributed by atoms with Crippen LogP contribution in [0.2, 0.25) is 0 Å². The van der Waals surface area contributed by atoms with Gasteiger partial charge in [0.15, 0.2) is 5.82 Å². The van der Waals surface area contributed by atoms with Crippen molar-refractivity contribution in [1.29, 1.82) is 0 Å². The van der Waals surface area contributed by atoms with Gasteiger partial charge >= 0.3 is 0 Å². The van der Waals surface area contributed by atoms with E-state index in [9.17, 15) is 0 Å². The van der Waals surface area contributed by atoms with Crippen LogP contribution in [-0.2, 0) is 0 Å². The summed E-state index contributed by atoms with van der Waals surface area (Å²) in [6, 6.07) is 16.1. The number of fused-ring (bicyclic) bond motifs is 1. The van der Waals surface area contributed by atoms with E-state index in [-0.39, 0.29) is 0 Å². The molecule has 0 saturated carbocycles. The third-order valence-electron chi connectivity index (χ3n) is 3.97. The lowest BCUT2D eigenvalue weighted by Crippen LogP contribution is -2.08. The van der Waals surface area contributed by atoms with Crippen molar-refractivity contribution in [2.24, 2.45) is 0 Å². The summed E-state index contributed by atoms with van der Waals surface area (Å²) < 4.78 is 7.00. The largest absolute Gasteiger partial charge is 0.497 e. The first-order valence-corrected chi connectivity index (χ1v) is 8.62. The molecule has 0 unspecified atom stereocenters. The molecule has 0 bridgehead atoms. The normalized spacial score (nSPS) is 11.0. The molecule has 0 aliphatic carbocycles.